The zero-order valence-electron chi connectivity index (χ0n) is 28.1. The number of nitrogens with zero attached hydrogens (tertiary/aromatic N) is 7. The predicted molar refractivity (Wildman–Crippen MR) is 189 cm³/mol. The molecule has 2 aromatic heterocycles. The second-order valence-electron chi connectivity index (χ2n) is 13.8. The Labute approximate surface area is 290 Å². The van der Waals surface area contributed by atoms with Gasteiger partial charge in [-0.25, -0.2) is 8.78 Å². The molecule has 4 aliphatic heterocycles. The monoisotopic (exact) mass is 689 g/mol. The fraction of sp³-hybridized carbons (Fsp3) is 0.459. The lowest BCUT2D eigenvalue weighted by atomic mass is 9.95. The Morgan fingerprint density at radius 1 is 1.10 bits per heavy atom. The van der Waals surface area contributed by atoms with Gasteiger partial charge in [-0.3, -0.25) is 14.7 Å². The lowest BCUT2D eigenvalue weighted by Gasteiger charge is -2.40. The number of hydrogen-bond acceptors (Lipinski definition) is 8. The first-order chi connectivity index (χ1) is 23.7. The van der Waals surface area contributed by atoms with E-state index in [9.17, 15) is 9.18 Å². The van der Waals surface area contributed by atoms with Crippen molar-refractivity contribution in [1.82, 2.24) is 29.7 Å². The van der Waals surface area contributed by atoms with E-state index in [0.717, 1.165) is 38.8 Å². The third kappa shape index (κ3) is 6.44. The maximum atomic E-state index is 16.6. The van der Waals surface area contributed by atoms with E-state index in [1.165, 1.54) is 31.7 Å². The van der Waals surface area contributed by atoms with Crippen molar-refractivity contribution in [3.8, 4) is 17.3 Å². The Balaban J connectivity index is 0.000000695. The van der Waals surface area contributed by atoms with Gasteiger partial charge in [0.15, 0.2) is 5.82 Å². The van der Waals surface area contributed by atoms with Crippen LogP contribution in [0.1, 0.15) is 32.1 Å². The summed E-state index contributed by atoms with van der Waals surface area (Å²) >= 11 is 6.39. The fourth-order valence-corrected chi connectivity index (χ4v) is 7.95. The van der Waals surface area contributed by atoms with Crippen molar-refractivity contribution < 1.29 is 18.3 Å². The van der Waals surface area contributed by atoms with Gasteiger partial charge in [0.25, 0.3) is 0 Å². The van der Waals surface area contributed by atoms with Crippen molar-refractivity contribution in [2.24, 2.45) is 5.92 Å². The van der Waals surface area contributed by atoms with E-state index in [2.05, 4.69) is 33.4 Å². The predicted octanol–water partition coefficient (Wildman–Crippen LogP) is 6.19. The molecule has 12 heteroatoms. The van der Waals surface area contributed by atoms with Gasteiger partial charge >= 0.3 is 6.01 Å². The van der Waals surface area contributed by atoms with E-state index >= 15 is 4.39 Å². The Morgan fingerprint density at radius 3 is 2.51 bits per heavy atom. The van der Waals surface area contributed by atoms with Crippen LogP contribution in [0.25, 0.3) is 32.9 Å². The molecule has 49 heavy (non-hydrogen) atoms. The summed E-state index contributed by atoms with van der Waals surface area (Å²) in [5.41, 5.74) is 0.414. The van der Waals surface area contributed by atoms with Crippen LogP contribution in [0.15, 0.2) is 49.2 Å². The van der Waals surface area contributed by atoms with Gasteiger partial charge in [0.1, 0.15) is 29.5 Å². The summed E-state index contributed by atoms with van der Waals surface area (Å²) in [5, 5.41) is 1.39. The average molecular weight is 690 g/mol. The van der Waals surface area contributed by atoms with E-state index in [1.54, 1.807) is 35.4 Å². The van der Waals surface area contributed by atoms with Gasteiger partial charge in [-0.1, -0.05) is 42.4 Å². The molecule has 0 aliphatic carbocycles. The second-order valence-corrected chi connectivity index (χ2v) is 14.2. The SMILES string of the molecule is C=CC(=O)N1CC(CN(C)c2nc(OCC34CCCN3CCC4)nc3c(F)c(-c4cccc5ccc(F)c(Cl)c45)ncc23)C1.CN1CCC1. The Hall–Kier alpha value is -3.93. The number of hydrogen-bond donors (Lipinski definition) is 0. The smallest absolute Gasteiger partial charge is 0.319 e. The van der Waals surface area contributed by atoms with E-state index in [0.29, 0.717) is 53.8 Å². The molecule has 2 aromatic carbocycles. The van der Waals surface area contributed by atoms with Gasteiger partial charge < -0.3 is 19.4 Å². The zero-order chi connectivity index (χ0) is 34.3. The molecule has 4 fully saturated rings. The van der Waals surface area contributed by atoms with Gasteiger partial charge in [0, 0.05) is 49.7 Å². The molecule has 0 N–H and O–H groups in total. The van der Waals surface area contributed by atoms with Gasteiger partial charge in [-0.2, -0.15) is 9.97 Å². The van der Waals surface area contributed by atoms with Gasteiger partial charge in [0.05, 0.1) is 15.9 Å². The summed E-state index contributed by atoms with van der Waals surface area (Å²) in [7, 11) is 4.03. The molecule has 0 unspecified atom stereocenters. The van der Waals surface area contributed by atoms with Crippen molar-refractivity contribution in [2.75, 3.05) is 71.4 Å². The number of carbonyl (C=O) groups excluding carboxylic acids is 1. The van der Waals surface area contributed by atoms with Crippen LogP contribution in [0, 0.1) is 17.6 Å². The summed E-state index contributed by atoms with van der Waals surface area (Å²) in [6.07, 6.45) is 8.64. The van der Waals surface area contributed by atoms with E-state index in [-0.39, 0.29) is 39.6 Å². The molecule has 0 saturated carbocycles. The Bertz CT molecular complexity index is 1890. The number of pyridine rings is 1. The van der Waals surface area contributed by atoms with Crippen molar-refractivity contribution in [2.45, 2.75) is 37.6 Å². The quantitative estimate of drug-likeness (QED) is 0.203. The molecule has 0 atom stereocenters. The number of rotatable bonds is 8. The van der Waals surface area contributed by atoms with Crippen LogP contribution in [0.5, 0.6) is 6.01 Å². The fourth-order valence-electron chi connectivity index (χ4n) is 7.67. The van der Waals surface area contributed by atoms with Crippen LogP contribution < -0.4 is 9.64 Å². The first-order valence-corrected chi connectivity index (χ1v) is 17.5. The number of amides is 1. The average Bonchev–Trinajstić information content (AvgIpc) is 3.66. The molecule has 4 aromatic rings. The minimum absolute atomic E-state index is 0.0165. The maximum Gasteiger partial charge on any atom is 0.319 e. The van der Waals surface area contributed by atoms with Gasteiger partial charge in [-0.05, 0) is 82.9 Å². The van der Waals surface area contributed by atoms with Crippen LogP contribution >= 0.6 is 11.6 Å². The van der Waals surface area contributed by atoms with Crippen LogP contribution in [-0.2, 0) is 4.79 Å². The number of aromatic nitrogens is 3. The number of ether oxygens (including phenoxy) is 1. The summed E-state index contributed by atoms with van der Waals surface area (Å²) in [6, 6.07) is 8.24. The minimum Gasteiger partial charge on any atom is -0.461 e. The Morgan fingerprint density at radius 2 is 1.84 bits per heavy atom. The summed E-state index contributed by atoms with van der Waals surface area (Å²) in [6.45, 7) is 10.5. The van der Waals surface area contributed by atoms with Crippen LogP contribution in [-0.4, -0.2) is 108 Å². The standard InChI is InChI=1S/C33H33ClF2N6O2.C4H9N/c1-3-25(43)41-17-20(18-41)16-40(2)31-23-15-37-29(22-8-4-7-21-9-10-24(35)27(34)26(21)22)28(36)30(23)38-32(39-31)44-19-33-11-5-13-42(33)14-6-12-33;1-5-3-2-4-5/h3-4,7-10,15,20H,1,5-6,11-14,16-19H2,2H3;2-4H2,1H3. The largest absolute Gasteiger partial charge is 0.461 e. The van der Waals surface area contributed by atoms with Crippen LogP contribution in [0.4, 0.5) is 14.6 Å². The number of halogens is 3. The molecule has 0 radical (unpaired) electrons. The molecule has 6 heterocycles. The molecule has 9 nitrogen and oxygen atoms in total. The molecule has 1 amide bonds. The lowest BCUT2D eigenvalue weighted by Crippen LogP contribution is -2.53. The van der Waals surface area contributed by atoms with E-state index in [4.69, 9.17) is 21.3 Å². The van der Waals surface area contributed by atoms with Crippen LogP contribution in [0.2, 0.25) is 5.02 Å². The molecule has 8 rings (SSSR count). The zero-order valence-corrected chi connectivity index (χ0v) is 28.9. The van der Waals surface area contributed by atoms with Gasteiger partial charge in [-0.15, -0.1) is 0 Å². The Kier molecular flexibility index (Phi) is 9.43. The number of anilines is 1. The van der Waals surface area contributed by atoms with E-state index in [1.807, 2.05) is 11.9 Å². The second kappa shape index (κ2) is 13.8. The third-order valence-corrected chi connectivity index (χ3v) is 10.9. The number of benzene rings is 2. The van der Waals surface area contributed by atoms with Crippen molar-refractivity contribution in [3.63, 3.8) is 0 Å². The summed E-state index contributed by atoms with van der Waals surface area (Å²) < 4.78 is 37.4. The maximum absolute atomic E-state index is 16.6. The summed E-state index contributed by atoms with van der Waals surface area (Å²) in [4.78, 5) is 34.3. The summed E-state index contributed by atoms with van der Waals surface area (Å²) in [5.74, 6) is -0.638. The molecule has 0 spiro atoms. The highest BCUT2D eigenvalue weighted by atomic mass is 35.5. The molecule has 4 saturated heterocycles. The third-order valence-electron chi connectivity index (χ3n) is 10.5. The number of carbonyl (C=O) groups is 1. The highest BCUT2D eigenvalue weighted by molar-refractivity contribution is 6.36. The van der Waals surface area contributed by atoms with Crippen LogP contribution in [0.3, 0.4) is 0 Å². The topological polar surface area (TPSA) is 77.9 Å². The first-order valence-electron chi connectivity index (χ1n) is 17.1. The lowest BCUT2D eigenvalue weighted by molar-refractivity contribution is -0.131. The molecular formula is C37H42ClF2N7O2. The molecular weight excluding hydrogens is 648 g/mol. The molecule has 258 valence electrons. The van der Waals surface area contributed by atoms with Crippen molar-refractivity contribution in [1.29, 1.82) is 0 Å². The molecule has 4 aliphatic rings. The minimum atomic E-state index is -0.662. The number of fused-ring (bicyclic) bond motifs is 3. The van der Waals surface area contributed by atoms with Gasteiger partial charge in [0.2, 0.25) is 5.91 Å². The van der Waals surface area contributed by atoms with Crippen molar-refractivity contribution >= 4 is 45.0 Å². The highest BCUT2D eigenvalue weighted by Crippen LogP contribution is 2.41. The van der Waals surface area contributed by atoms with E-state index < -0.39 is 11.6 Å². The molecule has 0 bridgehead atoms. The number of likely N-dealkylation sites (tertiary alicyclic amines) is 2. The first kappa shape index (κ1) is 33.6. The normalized spacial score (nSPS) is 18.8. The van der Waals surface area contributed by atoms with Crippen molar-refractivity contribution in [3.05, 3.63) is 65.8 Å². The highest BCUT2D eigenvalue weighted by Gasteiger charge is 2.45.